The van der Waals surface area contributed by atoms with Crippen molar-refractivity contribution in [2.24, 2.45) is 0 Å². The third-order valence-electron chi connectivity index (χ3n) is 9.27. The molecule has 0 unspecified atom stereocenters. The summed E-state index contributed by atoms with van der Waals surface area (Å²) in [5.74, 6) is 0. The highest BCUT2D eigenvalue weighted by Crippen LogP contribution is 2.40. The van der Waals surface area contributed by atoms with Crippen molar-refractivity contribution in [3.8, 4) is 62.2 Å². The lowest BCUT2D eigenvalue weighted by Gasteiger charge is -2.15. The number of aromatic nitrogens is 3. The van der Waals surface area contributed by atoms with Gasteiger partial charge in [0.15, 0.2) is 0 Å². The Morgan fingerprint density at radius 3 is 1.48 bits per heavy atom. The quantitative estimate of drug-likeness (QED) is 0.176. The molecule has 7 aromatic carbocycles. The van der Waals surface area contributed by atoms with Gasteiger partial charge in [-0.3, -0.25) is 0 Å². The molecule has 0 aliphatic rings. The van der Waals surface area contributed by atoms with Gasteiger partial charge >= 0.3 is 0 Å². The molecule has 50 heavy (non-hydrogen) atoms. The second-order valence-corrected chi connectivity index (χ2v) is 12.4. The Morgan fingerprint density at radius 1 is 0.380 bits per heavy atom. The van der Waals surface area contributed by atoms with Crippen LogP contribution >= 0.6 is 0 Å². The summed E-state index contributed by atoms with van der Waals surface area (Å²) >= 11 is 0. The van der Waals surface area contributed by atoms with Crippen LogP contribution in [0.2, 0.25) is 0 Å². The molecule has 0 aliphatic heterocycles. The predicted molar refractivity (Wildman–Crippen MR) is 204 cm³/mol. The molecule has 0 atom stereocenters. The molecule has 4 heteroatoms. The van der Waals surface area contributed by atoms with Crippen LogP contribution < -0.4 is 0 Å². The fraction of sp³-hybridized carbons (Fsp3) is 0. The van der Waals surface area contributed by atoms with Gasteiger partial charge in [-0.25, -0.2) is 15.0 Å². The monoisotopic (exact) mass is 636 g/mol. The standard InChI is InChI=1S/C46H28N4/c47-29-30-21-23-33(24-22-30)45-46(50-42-20-8-7-19-41(42)49-45)38-18-10-16-35-25-39-34(26-40(35)38)15-9-17-37(39)36-27-43(31-11-3-1-4-12-31)48-44(28-36)32-13-5-2-6-14-32/h1-28H. The topological polar surface area (TPSA) is 62.5 Å². The summed E-state index contributed by atoms with van der Waals surface area (Å²) in [6.07, 6.45) is 0. The van der Waals surface area contributed by atoms with Gasteiger partial charge in [0.05, 0.1) is 45.4 Å². The molecule has 2 aromatic heterocycles. The van der Waals surface area contributed by atoms with Crippen LogP contribution in [0.5, 0.6) is 0 Å². The summed E-state index contributed by atoms with van der Waals surface area (Å²) in [6.45, 7) is 0. The molecule has 0 bridgehead atoms. The summed E-state index contributed by atoms with van der Waals surface area (Å²) < 4.78 is 0. The largest absolute Gasteiger partial charge is 0.248 e. The lowest BCUT2D eigenvalue weighted by Crippen LogP contribution is -1.96. The van der Waals surface area contributed by atoms with Crippen LogP contribution in [0.3, 0.4) is 0 Å². The Labute approximate surface area is 289 Å². The predicted octanol–water partition coefficient (Wildman–Crippen LogP) is 11.5. The smallest absolute Gasteiger partial charge is 0.0991 e. The second-order valence-electron chi connectivity index (χ2n) is 12.4. The molecule has 9 aromatic rings. The molecular formula is C46H28N4. The van der Waals surface area contributed by atoms with Gasteiger partial charge in [0, 0.05) is 22.3 Å². The van der Waals surface area contributed by atoms with Crippen LogP contribution in [0.25, 0.3) is 88.7 Å². The minimum atomic E-state index is 0.609. The zero-order valence-electron chi connectivity index (χ0n) is 27.0. The minimum Gasteiger partial charge on any atom is -0.248 e. The second kappa shape index (κ2) is 12.2. The third kappa shape index (κ3) is 5.24. The minimum absolute atomic E-state index is 0.609. The zero-order valence-corrected chi connectivity index (χ0v) is 27.0. The number of fused-ring (bicyclic) bond motifs is 3. The van der Waals surface area contributed by atoms with Crippen LogP contribution in [0, 0.1) is 11.3 Å². The van der Waals surface area contributed by atoms with Gasteiger partial charge < -0.3 is 0 Å². The van der Waals surface area contributed by atoms with Gasteiger partial charge in [-0.15, -0.1) is 0 Å². The number of hydrogen-bond donors (Lipinski definition) is 0. The molecule has 0 amide bonds. The van der Waals surface area contributed by atoms with E-state index in [2.05, 4.69) is 115 Å². The fourth-order valence-corrected chi connectivity index (χ4v) is 6.80. The number of pyridine rings is 1. The summed E-state index contributed by atoms with van der Waals surface area (Å²) in [7, 11) is 0. The Hall–Kier alpha value is -6.96. The molecule has 0 saturated heterocycles. The molecule has 0 aliphatic carbocycles. The van der Waals surface area contributed by atoms with Crippen molar-refractivity contribution in [3.63, 3.8) is 0 Å². The van der Waals surface area contributed by atoms with Crippen molar-refractivity contribution in [2.75, 3.05) is 0 Å². The maximum atomic E-state index is 9.42. The SMILES string of the molecule is N#Cc1ccc(-c2nc3ccccc3nc2-c2cccc3cc4c(-c5cc(-c6ccccc6)nc(-c6ccccc6)c5)cccc4cc23)cc1. The maximum Gasteiger partial charge on any atom is 0.0991 e. The van der Waals surface area contributed by atoms with Gasteiger partial charge in [-0.1, -0.05) is 121 Å². The van der Waals surface area contributed by atoms with Crippen LogP contribution in [0.1, 0.15) is 5.56 Å². The van der Waals surface area contributed by atoms with Gasteiger partial charge in [0.1, 0.15) is 0 Å². The molecule has 2 heterocycles. The zero-order chi connectivity index (χ0) is 33.4. The van der Waals surface area contributed by atoms with E-state index in [0.29, 0.717) is 5.56 Å². The van der Waals surface area contributed by atoms with Gasteiger partial charge in [-0.2, -0.15) is 5.26 Å². The molecule has 0 radical (unpaired) electrons. The number of nitrogens with zero attached hydrogens (tertiary/aromatic N) is 4. The summed E-state index contributed by atoms with van der Waals surface area (Å²) in [5.41, 5.74) is 12.1. The molecule has 0 fully saturated rings. The van der Waals surface area contributed by atoms with Crippen molar-refractivity contribution in [1.82, 2.24) is 15.0 Å². The maximum absolute atomic E-state index is 9.42. The molecule has 4 nitrogen and oxygen atoms in total. The normalized spacial score (nSPS) is 11.2. The number of hydrogen-bond acceptors (Lipinski definition) is 4. The molecule has 0 saturated carbocycles. The molecule has 232 valence electrons. The van der Waals surface area contributed by atoms with E-state index in [1.165, 1.54) is 5.39 Å². The first-order valence-electron chi connectivity index (χ1n) is 16.6. The van der Waals surface area contributed by atoms with Crippen molar-refractivity contribution in [1.29, 1.82) is 5.26 Å². The molecule has 0 spiro atoms. The van der Waals surface area contributed by atoms with Crippen molar-refractivity contribution in [3.05, 3.63) is 175 Å². The lowest BCUT2D eigenvalue weighted by molar-refractivity contribution is 1.30. The van der Waals surface area contributed by atoms with Crippen LogP contribution in [0.15, 0.2) is 170 Å². The third-order valence-corrected chi connectivity index (χ3v) is 9.27. The average molecular weight is 637 g/mol. The highest BCUT2D eigenvalue weighted by atomic mass is 14.8. The van der Waals surface area contributed by atoms with Crippen LogP contribution in [-0.2, 0) is 0 Å². The number of rotatable bonds is 5. The Bertz CT molecular complexity index is 2690. The Kier molecular flexibility index (Phi) is 7.15. The van der Waals surface area contributed by atoms with E-state index in [9.17, 15) is 5.26 Å². The average Bonchev–Trinajstić information content (AvgIpc) is 3.19. The van der Waals surface area contributed by atoms with E-state index in [1.807, 2.05) is 60.7 Å². The van der Waals surface area contributed by atoms with Crippen LogP contribution in [0.4, 0.5) is 0 Å². The Balaban J connectivity index is 1.25. The van der Waals surface area contributed by atoms with E-state index < -0.39 is 0 Å². The summed E-state index contributed by atoms with van der Waals surface area (Å²) in [6, 6.07) is 60.4. The number of nitriles is 1. The first-order valence-corrected chi connectivity index (χ1v) is 16.6. The highest BCUT2D eigenvalue weighted by molar-refractivity contribution is 6.10. The van der Waals surface area contributed by atoms with E-state index in [0.717, 1.165) is 83.3 Å². The first kappa shape index (κ1) is 29.2. The first-order chi connectivity index (χ1) is 24.7. The van der Waals surface area contributed by atoms with E-state index in [-0.39, 0.29) is 0 Å². The molecule has 9 rings (SSSR count). The van der Waals surface area contributed by atoms with Crippen LogP contribution in [-0.4, -0.2) is 15.0 Å². The van der Waals surface area contributed by atoms with E-state index in [1.54, 1.807) is 0 Å². The lowest BCUT2D eigenvalue weighted by atomic mass is 9.91. The molecule has 0 N–H and O–H groups in total. The molecular weight excluding hydrogens is 609 g/mol. The van der Waals surface area contributed by atoms with Crippen molar-refractivity contribution >= 4 is 32.6 Å². The van der Waals surface area contributed by atoms with Gasteiger partial charge in [0.25, 0.3) is 0 Å². The summed E-state index contributed by atoms with van der Waals surface area (Å²) in [4.78, 5) is 15.4. The van der Waals surface area contributed by atoms with Crippen molar-refractivity contribution < 1.29 is 0 Å². The Morgan fingerprint density at radius 2 is 0.900 bits per heavy atom. The summed E-state index contributed by atoms with van der Waals surface area (Å²) in [5, 5.41) is 13.9. The number of para-hydroxylation sites is 2. The van der Waals surface area contributed by atoms with Gasteiger partial charge in [-0.05, 0) is 81.2 Å². The van der Waals surface area contributed by atoms with E-state index in [4.69, 9.17) is 15.0 Å². The van der Waals surface area contributed by atoms with Crippen molar-refractivity contribution in [2.45, 2.75) is 0 Å². The highest BCUT2D eigenvalue weighted by Gasteiger charge is 2.17. The number of benzene rings is 7. The fourth-order valence-electron chi connectivity index (χ4n) is 6.80. The van der Waals surface area contributed by atoms with Gasteiger partial charge in [0.2, 0.25) is 0 Å². The van der Waals surface area contributed by atoms with E-state index >= 15 is 0 Å².